The van der Waals surface area contributed by atoms with E-state index in [0.717, 1.165) is 5.70 Å². The van der Waals surface area contributed by atoms with Gasteiger partial charge in [0.1, 0.15) is 0 Å². The zero-order chi connectivity index (χ0) is 40.2. The Labute approximate surface area is 295 Å². The highest BCUT2D eigenvalue weighted by Crippen LogP contribution is 2.24. The molecule has 0 aromatic rings. The van der Waals surface area contributed by atoms with Crippen LogP contribution in [-0.2, 0) is 29.8 Å². The monoisotopic (exact) mass is 734 g/mol. The van der Waals surface area contributed by atoms with Crippen LogP contribution in [-0.4, -0.2) is 122 Å². The summed E-state index contributed by atoms with van der Waals surface area (Å²) < 4.78 is 61.3. The van der Waals surface area contributed by atoms with E-state index in [1.165, 1.54) is 20.6 Å². The summed E-state index contributed by atoms with van der Waals surface area (Å²) in [6, 6.07) is 0. The van der Waals surface area contributed by atoms with Gasteiger partial charge in [-0.2, -0.15) is 4.31 Å². The Balaban J connectivity index is -0.000000157. The van der Waals surface area contributed by atoms with E-state index in [0.29, 0.717) is 0 Å². The lowest BCUT2D eigenvalue weighted by Gasteiger charge is -2.34. The van der Waals surface area contributed by atoms with Crippen LogP contribution in [0.1, 0.15) is 111 Å². The summed E-state index contributed by atoms with van der Waals surface area (Å²) in [5, 5.41) is 0. The Bertz CT molecular complexity index is 1280. The molecular weight excluding hydrogens is 655 g/mol. The average molecular weight is 734 g/mol. The van der Waals surface area contributed by atoms with Gasteiger partial charge in [0.15, 0.2) is 0 Å². The summed E-state index contributed by atoms with van der Waals surface area (Å²) in [7, 11) is 4.30. The molecule has 0 aromatic heterocycles. The van der Waals surface area contributed by atoms with Crippen LogP contribution in [0.5, 0.6) is 0 Å². The van der Waals surface area contributed by atoms with Gasteiger partial charge in [-0.1, -0.05) is 33.9 Å². The molecule has 47 heavy (non-hydrogen) atoms. The second kappa shape index (κ2) is 19.9. The van der Waals surface area contributed by atoms with Crippen LogP contribution >= 0.6 is 0 Å². The fourth-order valence-corrected chi connectivity index (χ4v) is 5.20. The van der Waals surface area contributed by atoms with E-state index in [9.17, 15) is 21.0 Å². The molecule has 0 bridgehead atoms. The highest BCUT2D eigenvalue weighted by Gasteiger charge is 2.30. The van der Waals surface area contributed by atoms with Crippen LogP contribution in [0.4, 0.5) is 0 Å². The van der Waals surface area contributed by atoms with Crippen LogP contribution in [0.2, 0.25) is 0 Å². The van der Waals surface area contributed by atoms with Gasteiger partial charge in [0.05, 0.1) is 11.0 Å². The van der Waals surface area contributed by atoms with Crippen molar-refractivity contribution in [1.82, 2.24) is 18.4 Å². The maximum absolute atomic E-state index is 11.4. The lowest BCUT2D eigenvalue weighted by molar-refractivity contribution is 0.229. The molecule has 1 unspecified atom stereocenters. The van der Waals surface area contributed by atoms with Crippen molar-refractivity contribution in [3.8, 4) is 0 Å². The predicted molar refractivity (Wildman–Crippen MR) is 212 cm³/mol. The van der Waals surface area contributed by atoms with Gasteiger partial charge in [-0.05, 0) is 90.0 Å². The van der Waals surface area contributed by atoms with Gasteiger partial charge in [-0.15, -0.1) is 0 Å². The minimum atomic E-state index is -3.08. The minimum absolute atomic E-state index is 0.193. The summed E-state index contributed by atoms with van der Waals surface area (Å²) >= 11 is 0. The molecule has 13 heteroatoms. The molecule has 0 rings (SSSR count). The van der Waals surface area contributed by atoms with E-state index in [1.807, 2.05) is 62.6 Å². The Morgan fingerprint density at radius 3 is 0.915 bits per heavy atom. The zero-order valence-corrected chi connectivity index (χ0v) is 37.9. The number of rotatable bonds is 4. The average Bonchev–Trinajstić information content (AvgIpc) is 2.80. The lowest BCUT2D eigenvalue weighted by Crippen LogP contribution is -2.41. The first-order chi connectivity index (χ1) is 19.9. The standard InChI is InChI=1S/2C8H17N.2C6H15NO2S.C6H15NOS/c1-7(9(5)6)8(2,3)4;1-7(2)9(6)8(3,4)5;1-6(2,3)7(4)10(5,8)9;1-6(2,3)10(8,9)7(4)5;1-6(2,3)9(5,8)7-4/h2*1H2,2-6H3;2*1-5H3;1-5H3. The Morgan fingerprint density at radius 2 is 0.915 bits per heavy atom. The number of sulfonamides is 2. The fourth-order valence-electron chi connectivity index (χ4n) is 2.56. The first-order valence-corrected chi connectivity index (χ1v) is 20.8. The third-order valence-electron chi connectivity index (χ3n) is 7.17. The molecule has 0 saturated heterocycles. The molecule has 0 saturated carbocycles. The maximum atomic E-state index is 11.4. The van der Waals surface area contributed by atoms with Gasteiger partial charge in [0.25, 0.3) is 0 Å². The Kier molecular flexibility index (Phi) is 23.4. The van der Waals surface area contributed by atoms with Gasteiger partial charge in [0.2, 0.25) is 20.0 Å². The van der Waals surface area contributed by atoms with Gasteiger partial charge in [-0.25, -0.2) is 29.7 Å². The smallest absolute Gasteiger partial charge is 0.218 e. The fraction of sp³-hybridized carbons (Fsp3) is 0.882. The van der Waals surface area contributed by atoms with E-state index < -0.39 is 34.5 Å². The number of allylic oxidation sites excluding steroid dienone is 2. The number of nitrogens with zero attached hydrogens (tertiary/aromatic N) is 5. The van der Waals surface area contributed by atoms with Crippen LogP contribution < -0.4 is 0 Å². The lowest BCUT2D eigenvalue weighted by atomic mass is 9.92. The van der Waals surface area contributed by atoms with Crippen LogP contribution in [0.3, 0.4) is 0 Å². The van der Waals surface area contributed by atoms with Gasteiger partial charge < -0.3 is 9.80 Å². The van der Waals surface area contributed by atoms with Crippen molar-refractivity contribution in [3.63, 3.8) is 0 Å². The van der Waals surface area contributed by atoms with Crippen molar-refractivity contribution < 1.29 is 21.0 Å². The molecule has 0 radical (unpaired) electrons. The predicted octanol–water partition coefficient (Wildman–Crippen LogP) is 7.22. The summed E-state index contributed by atoms with van der Waals surface area (Å²) in [6.45, 7) is 39.2. The summed E-state index contributed by atoms with van der Waals surface area (Å²) in [6.07, 6.45) is 2.89. The van der Waals surface area contributed by atoms with Crippen LogP contribution in [0.15, 0.2) is 28.9 Å². The van der Waals surface area contributed by atoms with Crippen molar-refractivity contribution in [1.29, 1.82) is 0 Å². The summed E-state index contributed by atoms with van der Waals surface area (Å²) in [5.74, 6) is 0. The highest BCUT2D eigenvalue weighted by molar-refractivity contribution is 7.94. The highest BCUT2D eigenvalue weighted by atomic mass is 32.2. The van der Waals surface area contributed by atoms with Crippen molar-refractivity contribution in [3.05, 3.63) is 24.6 Å². The first-order valence-electron chi connectivity index (χ1n) is 15.6. The molecule has 10 nitrogen and oxygen atoms in total. The van der Waals surface area contributed by atoms with Crippen molar-refractivity contribution >= 4 is 29.8 Å². The molecule has 0 aliphatic rings. The second-order valence-corrected chi connectivity index (χ2v) is 25.1. The molecule has 0 spiro atoms. The molecule has 0 aliphatic carbocycles. The van der Waals surface area contributed by atoms with Crippen LogP contribution in [0, 0.1) is 5.41 Å². The molecule has 0 aromatic carbocycles. The third-order valence-corrected chi connectivity index (χ3v) is 14.2. The SMILES string of the molecule is C=C(C)N(C)C(C)(C)C.C=C(N(C)C)C(C)(C)C.CN(C(C)(C)C)S(C)(=O)=O.CN(C)S(=O)(=O)C(C)(C)C.CN=S(C)(=O)C(C)(C)C. The van der Waals surface area contributed by atoms with Crippen molar-refractivity contribution in [2.24, 2.45) is 9.78 Å². The quantitative estimate of drug-likeness (QED) is 0.300. The van der Waals surface area contributed by atoms with Gasteiger partial charge in [0, 0.05) is 98.0 Å². The van der Waals surface area contributed by atoms with E-state index in [2.05, 4.69) is 75.9 Å². The van der Waals surface area contributed by atoms with E-state index in [1.54, 1.807) is 55.2 Å². The molecule has 0 N–H and O–H groups in total. The molecule has 0 amide bonds. The molecule has 0 heterocycles. The van der Waals surface area contributed by atoms with Crippen molar-refractivity contribution in [2.45, 2.75) is 131 Å². The van der Waals surface area contributed by atoms with Gasteiger partial charge in [-0.3, -0.25) is 0 Å². The molecule has 288 valence electrons. The summed E-state index contributed by atoms with van der Waals surface area (Å²) in [5.41, 5.74) is 2.40. The third kappa shape index (κ3) is 24.6. The van der Waals surface area contributed by atoms with Crippen LogP contribution in [0.25, 0.3) is 0 Å². The Hall–Kier alpha value is -1.15. The van der Waals surface area contributed by atoms with E-state index in [4.69, 9.17) is 0 Å². The number of hydrogen-bond acceptors (Lipinski definition) is 8. The molecule has 0 fully saturated rings. The molecule has 0 aliphatic heterocycles. The van der Waals surface area contributed by atoms with E-state index in [-0.39, 0.29) is 21.2 Å². The van der Waals surface area contributed by atoms with Gasteiger partial charge >= 0.3 is 0 Å². The second-order valence-electron chi connectivity index (χ2n) is 17.0. The Morgan fingerprint density at radius 1 is 0.596 bits per heavy atom. The number of hydrogen-bond donors (Lipinski definition) is 0. The molecule has 1 atom stereocenters. The zero-order valence-electron chi connectivity index (χ0n) is 35.4. The minimum Gasteiger partial charge on any atom is -0.381 e. The largest absolute Gasteiger partial charge is 0.381 e. The first kappa shape index (κ1) is 55.3. The summed E-state index contributed by atoms with van der Waals surface area (Å²) in [4.78, 5) is 4.22. The normalized spacial score (nSPS) is 13.9. The van der Waals surface area contributed by atoms with Crippen molar-refractivity contribution in [2.75, 3.05) is 61.8 Å². The molecular formula is C34H79N5O5S3. The maximum Gasteiger partial charge on any atom is 0.218 e. The van der Waals surface area contributed by atoms with E-state index >= 15 is 0 Å². The topological polar surface area (TPSA) is 111 Å².